The summed E-state index contributed by atoms with van der Waals surface area (Å²) in [6, 6.07) is 5.55. The van der Waals surface area contributed by atoms with Crippen molar-refractivity contribution in [2.24, 2.45) is 0 Å². The SMILES string of the molecule is CCCNc1ccc(S(=O)(=O)N(CC)CC)cc1NS(=O)(=O)c1ccsc1C(=O)OC. The fraction of sp³-hybridized carbons (Fsp3) is 0.421. The van der Waals surface area contributed by atoms with Gasteiger partial charge in [-0.3, -0.25) is 4.72 Å². The van der Waals surface area contributed by atoms with Crippen LogP contribution in [0.2, 0.25) is 0 Å². The van der Waals surface area contributed by atoms with Gasteiger partial charge in [-0.05, 0) is 36.1 Å². The van der Waals surface area contributed by atoms with Crippen molar-refractivity contribution in [1.82, 2.24) is 4.31 Å². The molecule has 0 fully saturated rings. The molecule has 0 bridgehead atoms. The molecule has 9 nitrogen and oxygen atoms in total. The number of rotatable bonds is 11. The Morgan fingerprint density at radius 1 is 1.06 bits per heavy atom. The molecule has 12 heteroatoms. The molecule has 1 heterocycles. The van der Waals surface area contributed by atoms with Crippen molar-refractivity contribution in [3.63, 3.8) is 0 Å². The fourth-order valence-electron chi connectivity index (χ4n) is 2.85. The van der Waals surface area contributed by atoms with Gasteiger partial charge in [-0.1, -0.05) is 20.8 Å². The van der Waals surface area contributed by atoms with Crippen molar-refractivity contribution in [3.05, 3.63) is 34.5 Å². The van der Waals surface area contributed by atoms with Gasteiger partial charge in [-0.2, -0.15) is 4.31 Å². The largest absolute Gasteiger partial charge is 0.465 e. The van der Waals surface area contributed by atoms with E-state index >= 15 is 0 Å². The van der Waals surface area contributed by atoms with Gasteiger partial charge in [-0.25, -0.2) is 21.6 Å². The zero-order valence-corrected chi connectivity index (χ0v) is 20.3. The maximum Gasteiger partial charge on any atom is 0.349 e. The number of anilines is 2. The monoisotopic (exact) mass is 489 g/mol. The van der Waals surface area contributed by atoms with Crippen LogP contribution in [0.25, 0.3) is 0 Å². The van der Waals surface area contributed by atoms with Crippen LogP contribution < -0.4 is 10.0 Å². The summed E-state index contributed by atoms with van der Waals surface area (Å²) < 4.78 is 60.3. The lowest BCUT2D eigenvalue weighted by molar-refractivity contribution is 0.0602. The molecule has 1 aromatic carbocycles. The Morgan fingerprint density at radius 2 is 1.74 bits per heavy atom. The first-order valence-corrected chi connectivity index (χ1v) is 13.5. The molecule has 0 radical (unpaired) electrons. The van der Waals surface area contributed by atoms with Crippen molar-refractivity contribution in [2.45, 2.75) is 37.0 Å². The van der Waals surface area contributed by atoms with E-state index in [-0.39, 0.29) is 33.4 Å². The molecule has 172 valence electrons. The predicted octanol–water partition coefficient (Wildman–Crippen LogP) is 3.19. The zero-order valence-electron chi connectivity index (χ0n) is 17.8. The number of hydrogen-bond acceptors (Lipinski definition) is 8. The number of carbonyl (C=O) groups is 1. The number of nitrogens with zero attached hydrogens (tertiary/aromatic N) is 1. The smallest absolute Gasteiger partial charge is 0.349 e. The first-order valence-electron chi connectivity index (χ1n) is 9.69. The highest BCUT2D eigenvalue weighted by Gasteiger charge is 2.27. The van der Waals surface area contributed by atoms with Gasteiger partial charge in [0.15, 0.2) is 0 Å². The molecule has 0 unspecified atom stereocenters. The minimum atomic E-state index is -4.19. The first-order chi connectivity index (χ1) is 14.6. The molecule has 2 rings (SSSR count). The molecule has 0 spiro atoms. The summed E-state index contributed by atoms with van der Waals surface area (Å²) in [4.78, 5) is 11.6. The number of esters is 1. The Hall–Kier alpha value is -2.15. The van der Waals surface area contributed by atoms with Crippen molar-refractivity contribution in [1.29, 1.82) is 0 Å². The minimum Gasteiger partial charge on any atom is -0.465 e. The number of nitrogens with one attached hydrogen (secondary N) is 2. The fourth-order valence-corrected chi connectivity index (χ4v) is 6.74. The molecule has 1 aromatic heterocycles. The van der Waals surface area contributed by atoms with Crippen LogP contribution in [-0.4, -0.2) is 53.9 Å². The Bertz CT molecular complexity index is 1120. The van der Waals surface area contributed by atoms with Crippen LogP contribution in [0.15, 0.2) is 39.4 Å². The van der Waals surface area contributed by atoms with E-state index in [1.807, 2.05) is 6.92 Å². The molecule has 0 atom stereocenters. The highest BCUT2D eigenvalue weighted by atomic mass is 32.2. The van der Waals surface area contributed by atoms with Crippen molar-refractivity contribution >= 4 is 48.7 Å². The van der Waals surface area contributed by atoms with Crippen LogP contribution in [0.5, 0.6) is 0 Å². The Balaban J connectivity index is 2.55. The topological polar surface area (TPSA) is 122 Å². The van der Waals surface area contributed by atoms with Gasteiger partial charge in [-0.15, -0.1) is 11.3 Å². The number of ether oxygens (including phenoxy) is 1. The number of thiophene rings is 1. The Kier molecular flexibility index (Phi) is 8.46. The standard InChI is InChI=1S/C19H27N3O6S3/c1-5-11-20-15-9-8-14(31(26,27)22(6-2)7-3)13-16(15)21-30(24,25)17-10-12-29-18(17)19(23)28-4/h8-10,12-13,20-21H,5-7,11H2,1-4H3. The van der Waals surface area contributed by atoms with Gasteiger partial charge in [0.2, 0.25) is 10.0 Å². The molecule has 0 aliphatic carbocycles. The molecule has 2 N–H and O–H groups in total. The highest BCUT2D eigenvalue weighted by Crippen LogP contribution is 2.31. The summed E-state index contributed by atoms with van der Waals surface area (Å²) in [5, 5.41) is 4.56. The molecule has 0 saturated carbocycles. The molecule has 0 aliphatic rings. The highest BCUT2D eigenvalue weighted by molar-refractivity contribution is 7.93. The summed E-state index contributed by atoms with van der Waals surface area (Å²) in [6.45, 7) is 6.53. The Morgan fingerprint density at radius 3 is 2.32 bits per heavy atom. The van der Waals surface area contributed by atoms with Crippen LogP contribution >= 0.6 is 11.3 Å². The number of methoxy groups -OCH3 is 1. The van der Waals surface area contributed by atoms with Gasteiger partial charge >= 0.3 is 5.97 Å². The lowest BCUT2D eigenvalue weighted by atomic mass is 10.2. The second-order valence-corrected chi connectivity index (χ2v) is 10.9. The molecule has 0 aliphatic heterocycles. The Labute approximate surface area is 187 Å². The average molecular weight is 490 g/mol. The number of sulfonamides is 2. The van der Waals surface area contributed by atoms with Gasteiger partial charge in [0.05, 0.1) is 23.4 Å². The van der Waals surface area contributed by atoms with Crippen molar-refractivity contribution in [3.8, 4) is 0 Å². The summed E-state index contributed by atoms with van der Waals surface area (Å²) in [5.41, 5.74) is 0.502. The maximum atomic E-state index is 13.0. The van der Waals surface area contributed by atoms with E-state index in [0.717, 1.165) is 17.8 Å². The molecular formula is C19H27N3O6S3. The summed E-state index contributed by atoms with van der Waals surface area (Å²) in [7, 11) is -6.82. The lowest BCUT2D eigenvalue weighted by Crippen LogP contribution is -2.30. The van der Waals surface area contributed by atoms with E-state index in [0.29, 0.717) is 12.2 Å². The van der Waals surface area contributed by atoms with Gasteiger partial charge in [0.1, 0.15) is 9.77 Å². The minimum absolute atomic E-state index is 0.0329. The molecule has 31 heavy (non-hydrogen) atoms. The summed E-state index contributed by atoms with van der Waals surface area (Å²) in [6.07, 6.45) is 0.780. The number of benzene rings is 1. The molecular weight excluding hydrogens is 462 g/mol. The van der Waals surface area contributed by atoms with E-state index < -0.39 is 26.0 Å². The van der Waals surface area contributed by atoms with E-state index in [2.05, 4.69) is 14.8 Å². The maximum absolute atomic E-state index is 13.0. The average Bonchev–Trinajstić information content (AvgIpc) is 3.23. The third-order valence-electron chi connectivity index (χ3n) is 4.43. The number of hydrogen-bond donors (Lipinski definition) is 2. The van der Waals surface area contributed by atoms with E-state index in [1.54, 1.807) is 13.8 Å². The third kappa shape index (κ3) is 5.56. The van der Waals surface area contributed by atoms with Gasteiger partial charge in [0, 0.05) is 19.6 Å². The summed E-state index contributed by atoms with van der Waals surface area (Å²) >= 11 is 0.943. The summed E-state index contributed by atoms with van der Waals surface area (Å²) in [5.74, 6) is -0.766. The second-order valence-electron chi connectivity index (χ2n) is 6.43. The quantitative estimate of drug-likeness (QED) is 0.465. The van der Waals surface area contributed by atoms with Crippen LogP contribution in [0.4, 0.5) is 11.4 Å². The molecule has 0 amide bonds. The van der Waals surface area contributed by atoms with Crippen LogP contribution in [0, 0.1) is 0 Å². The van der Waals surface area contributed by atoms with Crippen LogP contribution in [0.1, 0.15) is 36.9 Å². The van der Waals surface area contributed by atoms with Crippen LogP contribution in [0.3, 0.4) is 0 Å². The van der Waals surface area contributed by atoms with E-state index in [9.17, 15) is 21.6 Å². The van der Waals surface area contributed by atoms with E-state index in [1.165, 1.54) is 41.1 Å². The molecule has 0 saturated heterocycles. The normalized spacial score (nSPS) is 12.0. The predicted molar refractivity (Wildman–Crippen MR) is 122 cm³/mol. The lowest BCUT2D eigenvalue weighted by Gasteiger charge is -2.20. The van der Waals surface area contributed by atoms with Crippen molar-refractivity contribution in [2.75, 3.05) is 36.8 Å². The van der Waals surface area contributed by atoms with Crippen LogP contribution in [-0.2, 0) is 24.8 Å². The second kappa shape index (κ2) is 10.4. The van der Waals surface area contributed by atoms with Gasteiger partial charge in [0.25, 0.3) is 10.0 Å². The van der Waals surface area contributed by atoms with Crippen molar-refractivity contribution < 1.29 is 26.4 Å². The third-order valence-corrected chi connectivity index (χ3v) is 8.91. The number of carbonyl (C=O) groups excluding carboxylic acids is 1. The molecule has 2 aromatic rings. The van der Waals surface area contributed by atoms with Gasteiger partial charge < -0.3 is 10.1 Å². The first kappa shape index (κ1) is 25.1. The van der Waals surface area contributed by atoms with E-state index in [4.69, 9.17) is 0 Å². The zero-order chi connectivity index (χ0) is 23.2.